The Morgan fingerprint density at radius 3 is 2.22 bits per heavy atom. The van der Waals surface area contributed by atoms with Gasteiger partial charge >= 0.3 is 0 Å². The Labute approximate surface area is 117 Å². The normalized spacial score (nSPS) is 19.9. The Hall–Kier alpha value is -0.290. The standard InChI is InChI=1S/C12H15Cl2NO2S/c13-10-5-9(6-11(14)7-10)8-15-12-1-3-18(16,17)4-2-12/h5-7,12,15H,1-4,8H2. The molecule has 0 radical (unpaired) electrons. The summed E-state index contributed by atoms with van der Waals surface area (Å²) in [5.41, 5.74) is 1.01. The van der Waals surface area contributed by atoms with E-state index in [-0.39, 0.29) is 17.5 Å². The van der Waals surface area contributed by atoms with Gasteiger partial charge in [0.05, 0.1) is 11.5 Å². The van der Waals surface area contributed by atoms with Gasteiger partial charge in [-0.2, -0.15) is 0 Å². The van der Waals surface area contributed by atoms with Crippen molar-refractivity contribution in [2.45, 2.75) is 25.4 Å². The molecule has 0 saturated carbocycles. The SMILES string of the molecule is O=S1(=O)CCC(NCc2cc(Cl)cc(Cl)c2)CC1. The summed E-state index contributed by atoms with van der Waals surface area (Å²) in [6, 6.07) is 5.67. The first-order chi connectivity index (χ1) is 8.44. The van der Waals surface area contributed by atoms with Crippen LogP contribution >= 0.6 is 23.2 Å². The van der Waals surface area contributed by atoms with Gasteiger partial charge in [-0.1, -0.05) is 23.2 Å². The first-order valence-electron chi connectivity index (χ1n) is 5.83. The fourth-order valence-corrected chi connectivity index (χ4v) is 4.13. The molecule has 0 aliphatic carbocycles. The Morgan fingerprint density at radius 1 is 1.11 bits per heavy atom. The van der Waals surface area contributed by atoms with Crippen molar-refractivity contribution in [1.29, 1.82) is 0 Å². The van der Waals surface area contributed by atoms with E-state index in [1.165, 1.54) is 0 Å². The minimum Gasteiger partial charge on any atom is -0.310 e. The number of benzene rings is 1. The molecule has 1 aliphatic rings. The summed E-state index contributed by atoms with van der Waals surface area (Å²) >= 11 is 11.8. The summed E-state index contributed by atoms with van der Waals surface area (Å²) in [7, 11) is -2.79. The molecule has 0 bridgehead atoms. The van der Waals surface area contributed by atoms with Crippen molar-refractivity contribution < 1.29 is 8.42 Å². The van der Waals surface area contributed by atoms with Crippen molar-refractivity contribution in [3.8, 4) is 0 Å². The molecule has 0 unspecified atom stereocenters. The molecule has 0 spiro atoms. The molecule has 1 saturated heterocycles. The number of rotatable bonds is 3. The summed E-state index contributed by atoms with van der Waals surface area (Å²) in [5, 5.41) is 4.58. The number of hydrogen-bond donors (Lipinski definition) is 1. The molecule has 1 aliphatic heterocycles. The summed E-state index contributed by atoms with van der Waals surface area (Å²) < 4.78 is 22.6. The van der Waals surface area contributed by atoms with Crippen molar-refractivity contribution in [1.82, 2.24) is 5.32 Å². The third kappa shape index (κ3) is 4.12. The molecule has 1 aromatic rings. The van der Waals surface area contributed by atoms with Gasteiger partial charge in [0.2, 0.25) is 0 Å². The van der Waals surface area contributed by atoms with E-state index in [2.05, 4.69) is 5.32 Å². The smallest absolute Gasteiger partial charge is 0.150 e. The van der Waals surface area contributed by atoms with Crippen molar-refractivity contribution in [2.75, 3.05) is 11.5 Å². The molecule has 18 heavy (non-hydrogen) atoms. The predicted octanol–water partition coefficient (Wildman–Crippen LogP) is 2.66. The zero-order valence-corrected chi connectivity index (χ0v) is 12.2. The lowest BCUT2D eigenvalue weighted by Crippen LogP contribution is -2.37. The minimum absolute atomic E-state index is 0.256. The molecule has 1 aromatic carbocycles. The number of halogens is 2. The van der Waals surface area contributed by atoms with Gasteiger partial charge in [0, 0.05) is 22.6 Å². The maximum atomic E-state index is 11.3. The number of sulfone groups is 1. The highest BCUT2D eigenvalue weighted by molar-refractivity contribution is 7.91. The first kappa shape index (κ1) is 14.1. The van der Waals surface area contributed by atoms with E-state index in [4.69, 9.17) is 23.2 Å². The Balaban J connectivity index is 1.88. The van der Waals surface area contributed by atoms with Crippen LogP contribution in [0.4, 0.5) is 0 Å². The van der Waals surface area contributed by atoms with E-state index in [9.17, 15) is 8.42 Å². The van der Waals surface area contributed by atoms with Gasteiger partial charge in [-0.05, 0) is 36.6 Å². The Morgan fingerprint density at radius 2 is 1.67 bits per heavy atom. The van der Waals surface area contributed by atoms with Gasteiger partial charge in [0.1, 0.15) is 9.84 Å². The van der Waals surface area contributed by atoms with Crippen LogP contribution in [0.15, 0.2) is 18.2 Å². The summed E-state index contributed by atoms with van der Waals surface area (Å²) in [4.78, 5) is 0. The van der Waals surface area contributed by atoms with Gasteiger partial charge < -0.3 is 5.32 Å². The fraction of sp³-hybridized carbons (Fsp3) is 0.500. The van der Waals surface area contributed by atoms with Crippen LogP contribution in [0.2, 0.25) is 10.0 Å². The fourth-order valence-electron chi connectivity index (χ4n) is 2.07. The molecule has 3 nitrogen and oxygen atoms in total. The zero-order valence-electron chi connectivity index (χ0n) is 9.83. The highest BCUT2D eigenvalue weighted by atomic mass is 35.5. The quantitative estimate of drug-likeness (QED) is 0.934. The largest absolute Gasteiger partial charge is 0.310 e. The average Bonchev–Trinajstić information content (AvgIpc) is 2.26. The molecule has 1 heterocycles. The van der Waals surface area contributed by atoms with Crippen molar-refractivity contribution in [3.05, 3.63) is 33.8 Å². The van der Waals surface area contributed by atoms with Crippen molar-refractivity contribution in [2.24, 2.45) is 0 Å². The van der Waals surface area contributed by atoms with Crippen LogP contribution in [-0.2, 0) is 16.4 Å². The highest BCUT2D eigenvalue weighted by Crippen LogP contribution is 2.19. The van der Waals surface area contributed by atoms with Gasteiger partial charge in [0.25, 0.3) is 0 Å². The first-order valence-corrected chi connectivity index (χ1v) is 8.41. The van der Waals surface area contributed by atoms with Crippen LogP contribution in [0.5, 0.6) is 0 Å². The molecule has 100 valence electrons. The third-order valence-corrected chi connectivity index (χ3v) is 5.22. The van der Waals surface area contributed by atoms with E-state index in [1.807, 2.05) is 12.1 Å². The molecule has 0 atom stereocenters. The minimum atomic E-state index is -2.79. The lowest BCUT2D eigenvalue weighted by atomic mass is 10.1. The Kier molecular flexibility index (Phi) is 4.54. The van der Waals surface area contributed by atoms with Gasteiger partial charge in [-0.25, -0.2) is 8.42 Å². The van der Waals surface area contributed by atoms with Crippen molar-refractivity contribution in [3.63, 3.8) is 0 Å². The van der Waals surface area contributed by atoms with E-state index in [0.717, 1.165) is 5.56 Å². The maximum Gasteiger partial charge on any atom is 0.150 e. The van der Waals surface area contributed by atoms with Crippen LogP contribution < -0.4 is 5.32 Å². The van der Waals surface area contributed by atoms with Crippen LogP contribution in [0.25, 0.3) is 0 Å². The van der Waals surface area contributed by atoms with Crippen LogP contribution in [0, 0.1) is 0 Å². The second-order valence-electron chi connectivity index (χ2n) is 4.58. The van der Waals surface area contributed by atoms with Crippen LogP contribution in [-0.4, -0.2) is 26.0 Å². The monoisotopic (exact) mass is 307 g/mol. The number of nitrogens with one attached hydrogen (secondary N) is 1. The lowest BCUT2D eigenvalue weighted by molar-refractivity contribution is 0.463. The molecule has 2 rings (SSSR count). The molecule has 6 heteroatoms. The third-order valence-electron chi connectivity index (χ3n) is 3.07. The predicted molar refractivity (Wildman–Crippen MR) is 75.0 cm³/mol. The molecule has 0 aromatic heterocycles. The molecular formula is C12H15Cl2NO2S. The van der Waals surface area contributed by atoms with Gasteiger partial charge in [0.15, 0.2) is 0 Å². The summed E-state index contributed by atoms with van der Waals surface area (Å²) in [6.07, 6.45) is 1.35. The van der Waals surface area contributed by atoms with Crippen molar-refractivity contribution >= 4 is 33.0 Å². The van der Waals surface area contributed by atoms with Crippen LogP contribution in [0.3, 0.4) is 0 Å². The van der Waals surface area contributed by atoms with E-state index < -0.39 is 9.84 Å². The van der Waals surface area contributed by atoms with E-state index in [0.29, 0.717) is 29.4 Å². The topological polar surface area (TPSA) is 46.2 Å². The average molecular weight is 308 g/mol. The Bertz CT molecular complexity index is 497. The molecule has 0 amide bonds. The van der Waals surface area contributed by atoms with Gasteiger partial charge in [-0.3, -0.25) is 0 Å². The highest BCUT2D eigenvalue weighted by Gasteiger charge is 2.22. The van der Waals surface area contributed by atoms with E-state index >= 15 is 0 Å². The number of hydrogen-bond acceptors (Lipinski definition) is 3. The van der Waals surface area contributed by atoms with E-state index in [1.54, 1.807) is 6.07 Å². The second kappa shape index (κ2) is 5.78. The maximum absolute atomic E-state index is 11.3. The summed E-state index contributed by atoms with van der Waals surface area (Å²) in [6.45, 7) is 0.658. The second-order valence-corrected chi connectivity index (χ2v) is 7.76. The zero-order chi connectivity index (χ0) is 13.2. The molecule has 1 N–H and O–H groups in total. The van der Waals surface area contributed by atoms with Crippen LogP contribution in [0.1, 0.15) is 18.4 Å². The summed E-state index contributed by atoms with van der Waals surface area (Å²) in [5.74, 6) is 0.557. The van der Waals surface area contributed by atoms with Gasteiger partial charge in [-0.15, -0.1) is 0 Å². The molecular weight excluding hydrogens is 293 g/mol. The molecule has 1 fully saturated rings. The lowest BCUT2D eigenvalue weighted by Gasteiger charge is -2.23.